The minimum absolute atomic E-state index is 0.0181. The number of amides is 1. The van der Waals surface area contributed by atoms with Gasteiger partial charge < -0.3 is 11.1 Å². The van der Waals surface area contributed by atoms with E-state index in [0.29, 0.717) is 0 Å². The van der Waals surface area contributed by atoms with Gasteiger partial charge in [-0.3, -0.25) is 14.9 Å². The number of nitrogens with zero attached hydrogens (tertiary/aromatic N) is 1. The first-order valence-electron chi connectivity index (χ1n) is 5.87. The van der Waals surface area contributed by atoms with E-state index in [4.69, 9.17) is 5.73 Å². The predicted octanol–water partition coefficient (Wildman–Crippen LogP) is 2.05. The van der Waals surface area contributed by atoms with Gasteiger partial charge >= 0.3 is 5.69 Å². The number of halogens is 1. The fourth-order valence-electron chi connectivity index (χ4n) is 1.47. The maximum Gasteiger partial charge on any atom is 0.306 e. The molecule has 0 spiro atoms. The van der Waals surface area contributed by atoms with Gasteiger partial charge in [-0.25, -0.2) is 0 Å². The highest BCUT2D eigenvalue weighted by atomic mass is 19.1. The Morgan fingerprint density at radius 3 is 2.74 bits per heavy atom. The first-order chi connectivity index (χ1) is 8.86. The Morgan fingerprint density at radius 1 is 1.58 bits per heavy atom. The molecule has 0 saturated carbocycles. The van der Waals surface area contributed by atoms with E-state index in [0.717, 1.165) is 18.6 Å². The third-order valence-electron chi connectivity index (χ3n) is 2.97. The molecule has 6 nitrogen and oxygen atoms in total. The molecule has 3 N–H and O–H groups in total. The van der Waals surface area contributed by atoms with E-state index in [1.54, 1.807) is 0 Å². The molecule has 0 aliphatic carbocycles. The van der Waals surface area contributed by atoms with E-state index >= 15 is 0 Å². The zero-order valence-electron chi connectivity index (χ0n) is 10.7. The number of rotatable bonds is 5. The topological polar surface area (TPSA) is 98.3 Å². The number of anilines is 1. The number of benzene rings is 1. The molecule has 1 aromatic carbocycles. The van der Waals surface area contributed by atoms with Gasteiger partial charge in [0, 0.05) is 11.8 Å². The monoisotopic (exact) mass is 269 g/mol. The molecule has 0 heterocycles. The van der Waals surface area contributed by atoms with E-state index in [1.165, 1.54) is 6.07 Å². The van der Waals surface area contributed by atoms with Gasteiger partial charge in [-0.2, -0.15) is 4.39 Å². The summed E-state index contributed by atoms with van der Waals surface area (Å²) in [6, 6.07) is 2.44. The molecule has 2 atom stereocenters. The summed E-state index contributed by atoms with van der Waals surface area (Å²) < 4.78 is 13.1. The summed E-state index contributed by atoms with van der Waals surface area (Å²) in [6.07, 6.45) is 0.734. The van der Waals surface area contributed by atoms with Crippen LogP contribution in [0.5, 0.6) is 0 Å². The molecule has 7 heteroatoms. The minimum Gasteiger partial charge on any atom is -0.324 e. The van der Waals surface area contributed by atoms with E-state index in [-0.39, 0.29) is 11.6 Å². The molecule has 0 radical (unpaired) electrons. The van der Waals surface area contributed by atoms with Crippen molar-refractivity contribution in [2.45, 2.75) is 26.3 Å². The highest BCUT2D eigenvalue weighted by Gasteiger charge is 2.21. The van der Waals surface area contributed by atoms with Crippen LogP contribution in [0.4, 0.5) is 15.8 Å². The van der Waals surface area contributed by atoms with Crippen LogP contribution in [0.25, 0.3) is 0 Å². The number of carbonyl (C=O) groups excluding carboxylic acids is 1. The molecule has 1 rings (SSSR count). The van der Waals surface area contributed by atoms with Crippen molar-refractivity contribution >= 4 is 17.3 Å². The number of hydrogen-bond donors (Lipinski definition) is 2. The number of nitro benzene ring substituents is 1. The lowest BCUT2D eigenvalue weighted by Crippen LogP contribution is -2.40. The summed E-state index contributed by atoms with van der Waals surface area (Å²) in [5.74, 6) is -1.42. The number of hydrogen-bond acceptors (Lipinski definition) is 4. The molecule has 104 valence electrons. The number of nitrogens with two attached hydrogens (primary N) is 1. The molecular weight excluding hydrogens is 253 g/mol. The molecule has 1 amide bonds. The Kier molecular flexibility index (Phi) is 4.94. The van der Waals surface area contributed by atoms with Crippen molar-refractivity contribution in [3.8, 4) is 0 Å². The van der Waals surface area contributed by atoms with Crippen LogP contribution in [0.15, 0.2) is 18.2 Å². The summed E-state index contributed by atoms with van der Waals surface area (Å²) >= 11 is 0. The van der Waals surface area contributed by atoms with Crippen molar-refractivity contribution in [1.82, 2.24) is 0 Å². The van der Waals surface area contributed by atoms with Gasteiger partial charge in [0.2, 0.25) is 11.7 Å². The fraction of sp³-hybridized carbons (Fsp3) is 0.417. The van der Waals surface area contributed by atoms with Crippen LogP contribution in [-0.2, 0) is 4.79 Å². The highest BCUT2D eigenvalue weighted by Crippen LogP contribution is 2.22. The number of nitrogens with one attached hydrogen (secondary N) is 1. The zero-order chi connectivity index (χ0) is 14.6. The second kappa shape index (κ2) is 6.24. The van der Waals surface area contributed by atoms with E-state index in [2.05, 4.69) is 5.32 Å². The summed E-state index contributed by atoms with van der Waals surface area (Å²) in [5, 5.41) is 13.0. The normalized spacial score (nSPS) is 13.7. The van der Waals surface area contributed by atoms with Crippen LogP contribution in [0.1, 0.15) is 20.3 Å². The smallest absolute Gasteiger partial charge is 0.306 e. The lowest BCUT2D eigenvalue weighted by Gasteiger charge is -2.17. The Labute approximate surface area is 109 Å². The first kappa shape index (κ1) is 15.0. The van der Waals surface area contributed by atoms with Gasteiger partial charge in [0.25, 0.3) is 0 Å². The first-order valence-corrected chi connectivity index (χ1v) is 5.87. The molecule has 0 aliphatic heterocycles. The Bertz CT molecular complexity index is 493. The standard InChI is InChI=1S/C12H16FN3O3/c1-3-7(2)11(14)12(17)15-8-4-5-9(13)10(6-8)16(18)19/h4-7,11H,3,14H2,1-2H3,(H,15,17). The fourth-order valence-corrected chi connectivity index (χ4v) is 1.47. The molecule has 0 aliphatic rings. The molecule has 0 aromatic heterocycles. The summed E-state index contributed by atoms with van der Waals surface area (Å²) in [5.41, 5.74) is 5.19. The van der Waals surface area contributed by atoms with Crippen LogP contribution >= 0.6 is 0 Å². The lowest BCUT2D eigenvalue weighted by molar-refractivity contribution is -0.387. The Hall–Kier alpha value is -2.02. The van der Waals surface area contributed by atoms with Crippen LogP contribution < -0.4 is 11.1 Å². The van der Waals surface area contributed by atoms with Gasteiger partial charge in [0.1, 0.15) is 0 Å². The van der Waals surface area contributed by atoms with E-state index in [1.807, 2.05) is 13.8 Å². The molecule has 19 heavy (non-hydrogen) atoms. The summed E-state index contributed by atoms with van der Waals surface area (Å²) in [4.78, 5) is 21.5. The van der Waals surface area contributed by atoms with Crippen molar-refractivity contribution in [2.75, 3.05) is 5.32 Å². The van der Waals surface area contributed by atoms with Crippen molar-refractivity contribution < 1.29 is 14.1 Å². The molecule has 2 unspecified atom stereocenters. The average molecular weight is 269 g/mol. The van der Waals surface area contributed by atoms with Crippen molar-refractivity contribution in [1.29, 1.82) is 0 Å². The van der Waals surface area contributed by atoms with Crippen LogP contribution in [0.3, 0.4) is 0 Å². The third kappa shape index (κ3) is 3.72. The van der Waals surface area contributed by atoms with Gasteiger partial charge in [0.05, 0.1) is 11.0 Å². The van der Waals surface area contributed by atoms with Crippen LogP contribution in [0, 0.1) is 21.8 Å². The lowest BCUT2D eigenvalue weighted by atomic mass is 9.99. The molecule has 0 fully saturated rings. The molecule has 0 saturated heterocycles. The summed E-state index contributed by atoms with van der Waals surface area (Å²) in [7, 11) is 0. The van der Waals surface area contributed by atoms with Gasteiger partial charge in [0.15, 0.2) is 0 Å². The van der Waals surface area contributed by atoms with E-state index < -0.39 is 28.4 Å². The summed E-state index contributed by atoms with van der Waals surface area (Å²) in [6.45, 7) is 3.73. The average Bonchev–Trinajstić information content (AvgIpc) is 2.38. The SMILES string of the molecule is CCC(C)C(N)C(=O)Nc1ccc(F)c([N+](=O)[O-])c1. The Balaban J connectivity index is 2.86. The highest BCUT2D eigenvalue weighted by molar-refractivity contribution is 5.95. The third-order valence-corrected chi connectivity index (χ3v) is 2.97. The Morgan fingerprint density at radius 2 is 2.21 bits per heavy atom. The van der Waals surface area contributed by atoms with E-state index in [9.17, 15) is 19.3 Å². The minimum atomic E-state index is -0.950. The number of nitro groups is 1. The number of carbonyl (C=O) groups is 1. The molecule has 1 aromatic rings. The van der Waals surface area contributed by atoms with Crippen molar-refractivity contribution in [3.63, 3.8) is 0 Å². The quantitative estimate of drug-likeness (QED) is 0.631. The van der Waals surface area contributed by atoms with Crippen molar-refractivity contribution in [3.05, 3.63) is 34.1 Å². The van der Waals surface area contributed by atoms with Gasteiger partial charge in [-0.15, -0.1) is 0 Å². The largest absolute Gasteiger partial charge is 0.324 e. The van der Waals surface area contributed by atoms with Crippen molar-refractivity contribution in [2.24, 2.45) is 11.7 Å². The van der Waals surface area contributed by atoms with Gasteiger partial charge in [-0.05, 0) is 18.1 Å². The molecule has 0 bridgehead atoms. The maximum absolute atomic E-state index is 13.1. The second-order valence-corrected chi connectivity index (χ2v) is 4.32. The maximum atomic E-state index is 13.1. The second-order valence-electron chi connectivity index (χ2n) is 4.32. The van der Waals surface area contributed by atoms with Crippen LogP contribution in [0.2, 0.25) is 0 Å². The molecular formula is C12H16FN3O3. The van der Waals surface area contributed by atoms with Crippen LogP contribution in [-0.4, -0.2) is 16.9 Å². The zero-order valence-corrected chi connectivity index (χ0v) is 10.7. The predicted molar refractivity (Wildman–Crippen MR) is 69.1 cm³/mol. The van der Waals surface area contributed by atoms with Gasteiger partial charge in [-0.1, -0.05) is 20.3 Å².